The zero-order chi connectivity index (χ0) is 20.9. The number of guanidine groups is 1. The van der Waals surface area contributed by atoms with E-state index >= 15 is 0 Å². The maximum atomic E-state index is 12.7. The van der Waals surface area contributed by atoms with Crippen molar-refractivity contribution in [2.45, 2.75) is 51.6 Å². The van der Waals surface area contributed by atoms with E-state index in [0.29, 0.717) is 23.4 Å². The van der Waals surface area contributed by atoms with Gasteiger partial charge in [0.25, 0.3) is 0 Å². The molecule has 1 aliphatic heterocycles. The van der Waals surface area contributed by atoms with Crippen LogP contribution in [0.4, 0.5) is 13.2 Å². The van der Waals surface area contributed by atoms with E-state index in [0.717, 1.165) is 17.1 Å². The van der Waals surface area contributed by atoms with Crippen LogP contribution < -0.4 is 10.6 Å². The topological polar surface area (TPSA) is 86.7 Å². The minimum atomic E-state index is -5.25. The monoisotopic (exact) mass is 569 g/mol. The smallest absolute Gasteiger partial charge is 0.357 e. The number of alkyl halides is 3. The Bertz CT molecular complexity index is 791. The second-order valence-corrected chi connectivity index (χ2v) is 9.74. The SMILES string of the molecule is CCNC(=NCCc1sc(C)nc1C)NC1CCN(S(=O)(=O)C(F)(F)F)CC1.I. The van der Waals surface area contributed by atoms with Crippen molar-refractivity contribution >= 4 is 51.3 Å². The molecule has 1 aromatic rings. The Morgan fingerprint density at radius 3 is 2.41 bits per heavy atom. The lowest BCUT2D eigenvalue weighted by Gasteiger charge is -2.32. The highest BCUT2D eigenvalue weighted by Gasteiger charge is 2.50. The molecule has 1 aliphatic rings. The summed E-state index contributed by atoms with van der Waals surface area (Å²) in [6.07, 6.45) is 1.33. The second-order valence-electron chi connectivity index (χ2n) is 6.52. The van der Waals surface area contributed by atoms with Gasteiger partial charge in [0.1, 0.15) is 0 Å². The first-order chi connectivity index (χ1) is 13.0. The zero-order valence-electron chi connectivity index (χ0n) is 16.5. The lowest BCUT2D eigenvalue weighted by Crippen LogP contribution is -2.51. The number of rotatable bonds is 6. The molecule has 0 saturated carbocycles. The van der Waals surface area contributed by atoms with Gasteiger partial charge in [0, 0.05) is 43.5 Å². The summed E-state index contributed by atoms with van der Waals surface area (Å²) in [4.78, 5) is 10.1. The average molecular weight is 569 g/mol. The molecule has 2 rings (SSSR count). The van der Waals surface area contributed by atoms with E-state index in [-0.39, 0.29) is 55.9 Å². The molecule has 0 bridgehead atoms. The Morgan fingerprint density at radius 2 is 1.93 bits per heavy atom. The average Bonchev–Trinajstić information content (AvgIpc) is 2.92. The number of aryl methyl sites for hydroxylation is 2. The van der Waals surface area contributed by atoms with Crippen LogP contribution in [-0.4, -0.2) is 61.4 Å². The number of nitrogens with zero attached hydrogens (tertiary/aromatic N) is 3. The molecule has 0 aromatic carbocycles. The molecule has 0 atom stereocenters. The molecule has 0 amide bonds. The predicted octanol–water partition coefficient (Wildman–Crippen LogP) is 2.79. The Morgan fingerprint density at radius 1 is 1.31 bits per heavy atom. The van der Waals surface area contributed by atoms with Crippen LogP contribution in [0, 0.1) is 13.8 Å². The van der Waals surface area contributed by atoms with Crippen molar-refractivity contribution in [3.05, 3.63) is 15.6 Å². The molecule has 1 aromatic heterocycles. The van der Waals surface area contributed by atoms with E-state index in [2.05, 4.69) is 20.6 Å². The third-order valence-electron chi connectivity index (χ3n) is 4.38. The summed E-state index contributed by atoms with van der Waals surface area (Å²) >= 11 is 1.64. The van der Waals surface area contributed by atoms with E-state index in [9.17, 15) is 21.6 Å². The highest BCUT2D eigenvalue weighted by atomic mass is 127. The third kappa shape index (κ3) is 7.21. The molecule has 2 N–H and O–H groups in total. The standard InChI is InChI=1S/C16H26F3N5O2S2.HI/c1-4-20-15(21-8-5-14-11(2)22-12(3)27-14)23-13-6-9-24(10-7-13)28(25,26)16(17,18)19;/h13H,4-10H2,1-3H3,(H2,20,21,23);1H. The maximum Gasteiger partial charge on any atom is 0.511 e. The first-order valence-corrected chi connectivity index (χ1v) is 11.3. The van der Waals surface area contributed by atoms with Gasteiger partial charge in [0.15, 0.2) is 5.96 Å². The molecule has 0 spiro atoms. The number of sulfonamides is 1. The van der Waals surface area contributed by atoms with E-state index in [4.69, 9.17) is 0 Å². The van der Waals surface area contributed by atoms with Crippen molar-refractivity contribution in [2.75, 3.05) is 26.2 Å². The number of nitrogens with one attached hydrogen (secondary N) is 2. The van der Waals surface area contributed by atoms with Crippen LogP contribution in [0.2, 0.25) is 0 Å². The number of aliphatic imine (C=N–C) groups is 1. The molecule has 0 unspecified atom stereocenters. The van der Waals surface area contributed by atoms with E-state index < -0.39 is 15.5 Å². The van der Waals surface area contributed by atoms with Crippen LogP contribution in [0.3, 0.4) is 0 Å². The minimum Gasteiger partial charge on any atom is -0.357 e. The lowest BCUT2D eigenvalue weighted by atomic mass is 10.1. The van der Waals surface area contributed by atoms with Gasteiger partial charge >= 0.3 is 15.5 Å². The summed E-state index contributed by atoms with van der Waals surface area (Å²) in [5, 5.41) is 7.33. The Kier molecular flexibility index (Phi) is 10.1. The molecule has 1 fully saturated rings. The molecule has 0 aliphatic carbocycles. The Hall–Kier alpha value is -0.670. The van der Waals surface area contributed by atoms with Crippen molar-refractivity contribution in [1.82, 2.24) is 19.9 Å². The second kappa shape index (κ2) is 11.1. The first-order valence-electron chi connectivity index (χ1n) is 9.08. The lowest BCUT2D eigenvalue weighted by molar-refractivity contribution is -0.0494. The van der Waals surface area contributed by atoms with Gasteiger partial charge < -0.3 is 10.6 Å². The number of halogens is 4. The van der Waals surface area contributed by atoms with E-state index in [1.165, 1.54) is 4.88 Å². The largest absolute Gasteiger partial charge is 0.511 e. The summed E-state index contributed by atoms with van der Waals surface area (Å²) in [7, 11) is -5.25. The molecule has 0 radical (unpaired) electrons. The van der Waals surface area contributed by atoms with Gasteiger partial charge in [-0.3, -0.25) is 4.99 Å². The number of hydrogen-bond donors (Lipinski definition) is 2. The summed E-state index contributed by atoms with van der Waals surface area (Å²) in [5.41, 5.74) is -4.24. The molecule has 29 heavy (non-hydrogen) atoms. The number of thiazole rings is 1. The van der Waals surface area contributed by atoms with Crippen LogP contribution >= 0.6 is 35.3 Å². The van der Waals surface area contributed by atoms with Crippen molar-refractivity contribution in [1.29, 1.82) is 0 Å². The van der Waals surface area contributed by atoms with E-state index in [1.54, 1.807) is 11.3 Å². The fraction of sp³-hybridized carbons (Fsp3) is 0.750. The van der Waals surface area contributed by atoms with Gasteiger partial charge in [-0.1, -0.05) is 0 Å². The number of piperidine rings is 1. The van der Waals surface area contributed by atoms with Gasteiger partial charge in [0.2, 0.25) is 0 Å². The van der Waals surface area contributed by atoms with Crippen LogP contribution in [0.1, 0.15) is 35.3 Å². The van der Waals surface area contributed by atoms with Crippen LogP contribution in [-0.2, 0) is 16.4 Å². The number of aromatic nitrogens is 1. The van der Waals surface area contributed by atoms with Crippen molar-refractivity contribution in [2.24, 2.45) is 4.99 Å². The maximum absolute atomic E-state index is 12.7. The molecular weight excluding hydrogens is 542 g/mol. The van der Waals surface area contributed by atoms with E-state index in [1.807, 2.05) is 20.8 Å². The fourth-order valence-corrected chi connectivity index (χ4v) is 4.89. The van der Waals surface area contributed by atoms with Gasteiger partial charge in [-0.15, -0.1) is 35.3 Å². The van der Waals surface area contributed by atoms with Crippen LogP contribution in [0.25, 0.3) is 0 Å². The molecule has 2 heterocycles. The van der Waals surface area contributed by atoms with Gasteiger partial charge in [-0.05, 0) is 33.6 Å². The van der Waals surface area contributed by atoms with Crippen molar-refractivity contribution in [3.63, 3.8) is 0 Å². The highest BCUT2D eigenvalue weighted by molar-refractivity contribution is 14.0. The highest BCUT2D eigenvalue weighted by Crippen LogP contribution is 2.28. The predicted molar refractivity (Wildman–Crippen MR) is 119 cm³/mol. The number of hydrogen-bond acceptors (Lipinski definition) is 5. The summed E-state index contributed by atoms with van der Waals surface area (Å²) < 4.78 is 61.4. The quantitative estimate of drug-likeness (QED) is 0.313. The molecule has 168 valence electrons. The zero-order valence-corrected chi connectivity index (χ0v) is 20.5. The summed E-state index contributed by atoms with van der Waals surface area (Å²) in [5.74, 6) is 0.582. The minimum absolute atomic E-state index is 0. The van der Waals surface area contributed by atoms with Gasteiger partial charge in [-0.25, -0.2) is 13.4 Å². The molecular formula is C16H27F3IN5O2S2. The Balaban J connectivity index is 0.00000420. The van der Waals surface area contributed by atoms with Crippen LogP contribution in [0.15, 0.2) is 4.99 Å². The van der Waals surface area contributed by atoms with Gasteiger partial charge in [-0.2, -0.15) is 17.5 Å². The molecule has 7 nitrogen and oxygen atoms in total. The van der Waals surface area contributed by atoms with Gasteiger partial charge in [0.05, 0.1) is 10.7 Å². The third-order valence-corrected chi connectivity index (χ3v) is 7.14. The van der Waals surface area contributed by atoms with Crippen molar-refractivity contribution in [3.8, 4) is 0 Å². The van der Waals surface area contributed by atoms with Crippen molar-refractivity contribution < 1.29 is 21.6 Å². The molecule has 13 heteroatoms. The molecule has 1 saturated heterocycles. The normalized spacial score (nSPS) is 17.1. The summed E-state index contributed by atoms with van der Waals surface area (Å²) in [6, 6.07) is -0.134. The van der Waals surface area contributed by atoms with Crippen LogP contribution in [0.5, 0.6) is 0 Å². The summed E-state index contributed by atoms with van der Waals surface area (Å²) in [6.45, 7) is 6.71. The Labute approximate surface area is 190 Å². The first kappa shape index (κ1) is 26.4. The fourth-order valence-electron chi connectivity index (χ4n) is 2.97.